The van der Waals surface area contributed by atoms with E-state index < -0.39 is 12.1 Å². The van der Waals surface area contributed by atoms with Gasteiger partial charge in [-0.05, 0) is 0 Å². The molecule has 3 heterocycles. The average molecular weight is 411 g/mol. The van der Waals surface area contributed by atoms with Gasteiger partial charge in [0.25, 0.3) is 0 Å². The highest BCUT2D eigenvalue weighted by atomic mass is 16.6. The zero-order chi connectivity index (χ0) is 20.6. The lowest BCUT2D eigenvalue weighted by molar-refractivity contribution is -0.142. The molecule has 0 bridgehead atoms. The number of ether oxygens (including phenoxy) is 5. The predicted octanol–water partition coefficient (Wildman–Crippen LogP) is -1.60. The molecule has 1 unspecified atom stereocenters. The van der Waals surface area contributed by atoms with Gasteiger partial charge in [0.15, 0.2) is 0 Å². The maximum atomic E-state index is 12.6. The van der Waals surface area contributed by atoms with E-state index in [-0.39, 0.29) is 24.7 Å². The van der Waals surface area contributed by atoms with E-state index in [1.54, 1.807) is 14.2 Å². The molecule has 3 aliphatic heterocycles. The maximum Gasteiger partial charge on any atom is 0.248 e. The SMILES string of the molecule is [B][C@@H]1O[C@H](COC)C(OC)[C@@H]1OCC(=O)N1CCN(CCN2CCOCC2)CC1. The summed E-state index contributed by atoms with van der Waals surface area (Å²) < 4.78 is 27.5. The molecule has 29 heavy (non-hydrogen) atoms. The van der Waals surface area contributed by atoms with Crippen molar-refractivity contribution < 1.29 is 28.5 Å². The monoisotopic (exact) mass is 411 g/mol. The van der Waals surface area contributed by atoms with Gasteiger partial charge in [-0.15, -0.1) is 0 Å². The van der Waals surface area contributed by atoms with Gasteiger partial charge >= 0.3 is 0 Å². The van der Waals surface area contributed by atoms with Crippen molar-refractivity contribution in [2.45, 2.75) is 24.3 Å². The van der Waals surface area contributed by atoms with Crippen LogP contribution in [-0.4, -0.2) is 146 Å². The summed E-state index contributed by atoms with van der Waals surface area (Å²) in [4.78, 5) is 19.3. The van der Waals surface area contributed by atoms with Crippen LogP contribution in [0.1, 0.15) is 0 Å². The topological polar surface area (TPSA) is 72.9 Å². The van der Waals surface area contributed by atoms with Gasteiger partial charge in [0.1, 0.15) is 32.8 Å². The molecular weight excluding hydrogens is 377 g/mol. The molecule has 4 atom stereocenters. The van der Waals surface area contributed by atoms with Crippen LogP contribution in [0.4, 0.5) is 0 Å². The van der Waals surface area contributed by atoms with Crippen LogP contribution in [0.15, 0.2) is 0 Å². The third kappa shape index (κ3) is 6.37. The molecular formula is C19H34BN3O6. The summed E-state index contributed by atoms with van der Waals surface area (Å²) in [5, 5.41) is 0. The van der Waals surface area contributed by atoms with E-state index in [0.717, 1.165) is 65.6 Å². The Morgan fingerprint density at radius 1 is 1.00 bits per heavy atom. The molecule has 1 amide bonds. The van der Waals surface area contributed by atoms with Gasteiger partial charge in [-0.25, -0.2) is 0 Å². The van der Waals surface area contributed by atoms with Gasteiger partial charge in [0, 0.05) is 72.6 Å². The molecule has 0 spiro atoms. The van der Waals surface area contributed by atoms with Crippen molar-refractivity contribution in [3.8, 4) is 0 Å². The van der Waals surface area contributed by atoms with Crippen LogP contribution < -0.4 is 0 Å². The van der Waals surface area contributed by atoms with E-state index in [2.05, 4.69) is 9.80 Å². The number of carbonyl (C=O) groups is 1. The second-order valence-electron chi connectivity index (χ2n) is 7.75. The van der Waals surface area contributed by atoms with Crippen LogP contribution in [0.2, 0.25) is 0 Å². The lowest BCUT2D eigenvalue weighted by Gasteiger charge is -2.36. The van der Waals surface area contributed by atoms with Crippen molar-refractivity contribution >= 4 is 13.8 Å². The third-order valence-corrected chi connectivity index (χ3v) is 5.91. The standard InChI is InChI=1S/C19H34BN3O6/c1-25-13-15-17(26-2)18(19(20)29-15)28-14-16(24)23-7-5-21(6-8-23)3-4-22-9-11-27-12-10-22/h15,17-19H,3-14H2,1-2H3/t15-,17?,18+,19-/m1/s1. The van der Waals surface area contributed by atoms with Crippen LogP contribution in [0.5, 0.6) is 0 Å². The molecule has 3 aliphatic rings. The summed E-state index contributed by atoms with van der Waals surface area (Å²) in [5.41, 5.74) is 0. The molecule has 3 rings (SSSR count). The largest absolute Gasteiger partial charge is 0.382 e. The Morgan fingerprint density at radius 3 is 2.28 bits per heavy atom. The lowest BCUT2D eigenvalue weighted by Crippen LogP contribution is -2.52. The number of hydrogen-bond donors (Lipinski definition) is 0. The number of methoxy groups -OCH3 is 2. The zero-order valence-electron chi connectivity index (χ0n) is 17.7. The Labute approximate surface area is 174 Å². The highest BCUT2D eigenvalue weighted by molar-refractivity contribution is 6.11. The zero-order valence-corrected chi connectivity index (χ0v) is 17.7. The molecule has 2 radical (unpaired) electrons. The van der Waals surface area contributed by atoms with Gasteiger partial charge in [-0.3, -0.25) is 14.6 Å². The van der Waals surface area contributed by atoms with Crippen molar-refractivity contribution in [2.75, 3.05) is 93.0 Å². The number of morpholine rings is 1. The first-order valence-corrected chi connectivity index (χ1v) is 10.5. The minimum atomic E-state index is -0.634. The quantitative estimate of drug-likeness (QED) is 0.421. The lowest BCUT2D eigenvalue weighted by atomic mass is 9.93. The van der Waals surface area contributed by atoms with E-state index in [9.17, 15) is 4.79 Å². The minimum absolute atomic E-state index is 0.0185. The molecule has 0 N–H and O–H groups in total. The van der Waals surface area contributed by atoms with Crippen LogP contribution in [0.3, 0.4) is 0 Å². The van der Waals surface area contributed by atoms with E-state index in [1.807, 2.05) is 4.90 Å². The number of nitrogens with zero attached hydrogens (tertiary/aromatic N) is 3. The fraction of sp³-hybridized carbons (Fsp3) is 0.947. The van der Waals surface area contributed by atoms with E-state index in [4.69, 9.17) is 31.5 Å². The molecule has 10 heteroatoms. The molecule has 0 aromatic carbocycles. The molecule has 3 fully saturated rings. The van der Waals surface area contributed by atoms with Gasteiger partial charge in [0.05, 0.1) is 19.8 Å². The molecule has 0 aromatic heterocycles. The second kappa shape index (κ2) is 11.6. The number of rotatable bonds is 9. The molecule has 164 valence electrons. The Hall–Kier alpha value is -0.745. The molecule has 9 nitrogen and oxygen atoms in total. The van der Waals surface area contributed by atoms with Gasteiger partial charge in [-0.2, -0.15) is 0 Å². The highest BCUT2D eigenvalue weighted by Gasteiger charge is 2.43. The maximum absolute atomic E-state index is 12.6. The van der Waals surface area contributed by atoms with Crippen molar-refractivity contribution in [1.29, 1.82) is 0 Å². The molecule has 0 aliphatic carbocycles. The molecule has 0 saturated carbocycles. The number of hydrogen-bond acceptors (Lipinski definition) is 8. The summed E-state index contributed by atoms with van der Waals surface area (Å²) in [6, 6.07) is -0.634. The Kier molecular flexibility index (Phi) is 9.17. The first-order valence-electron chi connectivity index (χ1n) is 10.5. The van der Waals surface area contributed by atoms with E-state index in [1.165, 1.54) is 0 Å². The fourth-order valence-electron chi connectivity index (χ4n) is 4.12. The van der Waals surface area contributed by atoms with Crippen molar-refractivity contribution in [3.05, 3.63) is 0 Å². The fourth-order valence-corrected chi connectivity index (χ4v) is 4.12. The number of amides is 1. The Bertz CT molecular complexity index is 502. The molecule has 3 saturated heterocycles. The first-order chi connectivity index (χ1) is 14.1. The van der Waals surface area contributed by atoms with Crippen molar-refractivity contribution in [3.63, 3.8) is 0 Å². The Morgan fingerprint density at radius 2 is 1.66 bits per heavy atom. The highest BCUT2D eigenvalue weighted by Crippen LogP contribution is 2.25. The summed E-state index contributed by atoms with van der Waals surface area (Å²) in [6.45, 7) is 9.33. The number of carbonyl (C=O) groups excluding carboxylic acids is 1. The van der Waals surface area contributed by atoms with Crippen LogP contribution in [-0.2, 0) is 28.5 Å². The number of piperazine rings is 1. The Balaban J connectivity index is 1.36. The summed E-state index contributed by atoms with van der Waals surface area (Å²) >= 11 is 0. The van der Waals surface area contributed by atoms with Gasteiger partial charge in [-0.1, -0.05) is 0 Å². The summed E-state index contributed by atoms with van der Waals surface area (Å²) in [7, 11) is 9.20. The van der Waals surface area contributed by atoms with Crippen molar-refractivity contribution in [2.24, 2.45) is 0 Å². The summed E-state index contributed by atoms with van der Waals surface area (Å²) in [6.07, 6.45) is -1.14. The predicted molar refractivity (Wildman–Crippen MR) is 107 cm³/mol. The van der Waals surface area contributed by atoms with Crippen LogP contribution in [0.25, 0.3) is 0 Å². The summed E-state index contributed by atoms with van der Waals surface area (Å²) in [5.74, 6) is -0.0185. The minimum Gasteiger partial charge on any atom is -0.382 e. The molecule has 0 aromatic rings. The average Bonchev–Trinajstić information content (AvgIpc) is 3.06. The van der Waals surface area contributed by atoms with Gasteiger partial charge in [0.2, 0.25) is 5.91 Å². The van der Waals surface area contributed by atoms with Gasteiger partial charge < -0.3 is 28.6 Å². The second-order valence-corrected chi connectivity index (χ2v) is 7.75. The van der Waals surface area contributed by atoms with Crippen LogP contribution in [0, 0.1) is 0 Å². The normalized spacial score (nSPS) is 32.0. The van der Waals surface area contributed by atoms with Crippen molar-refractivity contribution in [1.82, 2.24) is 14.7 Å². The smallest absolute Gasteiger partial charge is 0.248 e. The van der Waals surface area contributed by atoms with E-state index in [0.29, 0.717) is 6.61 Å². The van der Waals surface area contributed by atoms with Crippen LogP contribution >= 0.6 is 0 Å². The first kappa shape index (κ1) is 22.9. The van der Waals surface area contributed by atoms with E-state index >= 15 is 0 Å². The third-order valence-electron chi connectivity index (χ3n) is 5.91.